The summed E-state index contributed by atoms with van der Waals surface area (Å²) in [4.78, 5) is 20.3. The van der Waals surface area contributed by atoms with Crippen molar-refractivity contribution in [3.63, 3.8) is 0 Å². The first-order valence-electron chi connectivity index (χ1n) is 13.3. The lowest BCUT2D eigenvalue weighted by atomic mass is 9.87. The second kappa shape index (κ2) is 10.7. The highest BCUT2D eigenvalue weighted by Crippen LogP contribution is 2.36. The van der Waals surface area contributed by atoms with E-state index < -0.39 is 11.7 Å². The average Bonchev–Trinajstić information content (AvgIpc) is 2.87. The molecule has 0 aliphatic carbocycles. The van der Waals surface area contributed by atoms with E-state index in [1.165, 1.54) is 23.9 Å². The molecule has 210 valence electrons. The SMILES string of the molecule is CC1CN(Cc2nc(Nc3ccc(C(C)(C)C)cc3)c3ccc(-c4ncccc4C(F)(F)F)nc3n2)CC(C)O1. The van der Waals surface area contributed by atoms with Crippen molar-refractivity contribution < 1.29 is 17.9 Å². The first-order valence-corrected chi connectivity index (χ1v) is 13.3. The molecule has 2 unspecified atom stereocenters. The van der Waals surface area contributed by atoms with Gasteiger partial charge in [-0.05, 0) is 61.2 Å². The van der Waals surface area contributed by atoms with Crippen LogP contribution in [0.4, 0.5) is 24.7 Å². The molecule has 40 heavy (non-hydrogen) atoms. The third kappa shape index (κ3) is 6.23. The fraction of sp³-hybridized carbons (Fsp3) is 0.400. The van der Waals surface area contributed by atoms with Crippen LogP contribution in [0.1, 0.15) is 51.6 Å². The minimum Gasteiger partial charge on any atom is -0.373 e. The summed E-state index contributed by atoms with van der Waals surface area (Å²) in [7, 11) is 0. The van der Waals surface area contributed by atoms with Gasteiger partial charge in [0, 0.05) is 25.0 Å². The molecule has 0 amide bonds. The Labute approximate surface area is 231 Å². The number of anilines is 2. The number of benzene rings is 1. The molecule has 5 rings (SSSR count). The summed E-state index contributed by atoms with van der Waals surface area (Å²) < 4.78 is 47.0. The summed E-state index contributed by atoms with van der Waals surface area (Å²) >= 11 is 0. The Bertz CT molecular complexity index is 1490. The monoisotopic (exact) mass is 550 g/mol. The maximum atomic E-state index is 13.7. The molecule has 1 aliphatic rings. The predicted octanol–water partition coefficient (Wildman–Crippen LogP) is 6.76. The second-order valence-electron chi connectivity index (χ2n) is 11.4. The number of hydrogen-bond donors (Lipinski definition) is 1. The Hall–Kier alpha value is -3.63. The highest BCUT2D eigenvalue weighted by atomic mass is 19.4. The molecule has 2 atom stereocenters. The lowest BCUT2D eigenvalue weighted by molar-refractivity contribution is -0.137. The van der Waals surface area contributed by atoms with Crippen molar-refractivity contribution in [3.8, 4) is 11.4 Å². The third-order valence-electron chi connectivity index (χ3n) is 6.84. The number of alkyl halides is 3. The predicted molar refractivity (Wildman–Crippen MR) is 149 cm³/mol. The third-order valence-corrected chi connectivity index (χ3v) is 6.84. The maximum absolute atomic E-state index is 13.7. The van der Waals surface area contributed by atoms with E-state index in [4.69, 9.17) is 14.7 Å². The van der Waals surface area contributed by atoms with Crippen LogP contribution in [0.15, 0.2) is 54.7 Å². The minimum absolute atomic E-state index is 0.0147. The van der Waals surface area contributed by atoms with Crippen LogP contribution >= 0.6 is 0 Å². The Balaban J connectivity index is 1.57. The van der Waals surface area contributed by atoms with E-state index in [1.807, 2.05) is 26.0 Å². The van der Waals surface area contributed by atoms with Gasteiger partial charge in [0.25, 0.3) is 0 Å². The summed E-state index contributed by atoms with van der Waals surface area (Å²) in [6.07, 6.45) is -3.10. The summed E-state index contributed by atoms with van der Waals surface area (Å²) in [5.41, 5.74) is 1.36. The van der Waals surface area contributed by atoms with E-state index in [-0.39, 0.29) is 29.0 Å². The molecule has 1 aromatic carbocycles. The quantitative estimate of drug-likeness (QED) is 0.294. The molecule has 1 fully saturated rings. The lowest BCUT2D eigenvalue weighted by Crippen LogP contribution is -2.45. The minimum atomic E-state index is -4.56. The molecule has 0 spiro atoms. The first-order chi connectivity index (χ1) is 18.9. The van der Waals surface area contributed by atoms with Gasteiger partial charge < -0.3 is 10.1 Å². The number of halogens is 3. The standard InChI is InChI=1S/C30H33F3N6O/c1-18-15-39(16-19(2)40-18)17-25-37-27(35-21-10-8-20(9-11-21)29(3,4)5)22-12-13-24(36-28(22)38-25)26-23(30(31,32)33)7-6-14-34-26/h6-14,18-19H,15-17H2,1-5H3,(H,35,36,37,38). The largest absolute Gasteiger partial charge is 0.418 e. The molecular weight excluding hydrogens is 517 g/mol. The van der Waals surface area contributed by atoms with E-state index in [1.54, 1.807) is 6.07 Å². The molecule has 0 bridgehead atoms. The topological polar surface area (TPSA) is 76.1 Å². The highest BCUT2D eigenvalue weighted by Gasteiger charge is 2.34. The Morgan fingerprint density at radius 2 is 1.62 bits per heavy atom. The molecule has 1 aliphatic heterocycles. The Morgan fingerprint density at radius 3 is 2.27 bits per heavy atom. The number of hydrogen-bond acceptors (Lipinski definition) is 7. The van der Waals surface area contributed by atoms with Gasteiger partial charge in [-0.15, -0.1) is 0 Å². The fourth-order valence-corrected chi connectivity index (χ4v) is 4.99. The molecule has 0 radical (unpaired) electrons. The van der Waals surface area contributed by atoms with E-state index in [2.05, 4.69) is 53.1 Å². The summed E-state index contributed by atoms with van der Waals surface area (Å²) in [5.74, 6) is 1.05. The van der Waals surface area contributed by atoms with Gasteiger partial charge in [-0.3, -0.25) is 9.88 Å². The maximum Gasteiger partial charge on any atom is 0.418 e. The van der Waals surface area contributed by atoms with Gasteiger partial charge in [0.2, 0.25) is 0 Å². The van der Waals surface area contributed by atoms with E-state index in [0.717, 1.165) is 24.8 Å². The molecular formula is C30H33F3N6O. The molecule has 10 heteroatoms. The number of morpholine rings is 1. The molecule has 3 aromatic heterocycles. The number of fused-ring (bicyclic) bond motifs is 1. The van der Waals surface area contributed by atoms with Crippen LogP contribution in [-0.4, -0.2) is 50.1 Å². The van der Waals surface area contributed by atoms with Gasteiger partial charge in [-0.2, -0.15) is 13.2 Å². The van der Waals surface area contributed by atoms with Gasteiger partial charge >= 0.3 is 6.18 Å². The van der Waals surface area contributed by atoms with Crippen molar-refractivity contribution >= 4 is 22.5 Å². The number of nitrogens with zero attached hydrogens (tertiary/aromatic N) is 5. The van der Waals surface area contributed by atoms with Gasteiger partial charge in [0.15, 0.2) is 5.65 Å². The lowest BCUT2D eigenvalue weighted by Gasteiger charge is -2.34. The van der Waals surface area contributed by atoms with Gasteiger partial charge in [-0.25, -0.2) is 15.0 Å². The van der Waals surface area contributed by atoms with E-state index >= 15 is 0 Å². The van der Waals surface area contributed by atoms with Crippen molar-refractivity contribution in [1.82, 2.24) is 24.8 Å². The van der Waals surface area contributed by atoms with Gasteiger partial charge in [0.05, 0.1) is 35.4 Å². The van der Waals surface area contributed by atoms with E-state index in [0.29, 0.717) is 29.2 Å². The number of ether oxygens (including phenoxy) is 1. The molecule has 4 heterocycles. The van der Waals surface area contributed by atoms with Crippen LogP contribution in [-0.2, 0) is 22.9 Å². The normalized spacial score (nSPS) is 18.7. The van der Waals surface area contributed by atoms with Crippen LogP contribution in [0.5, 0.6) is 0 Å². The molecule has 4 aromatic rings. The fourth-order valence-electron chi connectivity index (χ4n) is 4.99. The number of nitrogens with one attached hydrogen (secondary N) is 1. The zero-order valence-corrected chi connectivity index (χ0v) is 23.3. The zero-order chi connectivity index (χ0) is 28.7. The van der Waals surface area contributed by atoms with Crippen LogP contribution in [0.2, 0.25) is 0 Å². The van der Waals surface area contributed by atoms with Crippen LogP contribution < -0.4 is 5.32 Å². The zero-order valence-electron chi connectivity index (χ0n) is 23.3. The van der Waals surface area contributed by atoms with E-state index in [9.17, 15) is 13.2 Å². The van der Waals surface area contributed by atoms with Crippen molar-refractivity contribution in [2.75, 3.05) is 18.4 Å². The Morgan fingerprint density at radius 1 is 0.925 bits per heavy atom. The number of pyridine rings is 2. The van der Waals surface area contributed by atoms with Crippen molar-refractivity contribution in [3.05, 3.63) is 71.7 Å². The molecule has 0 saturated carbocycles. The van der Waals surface area contributed by atoms with Gasteiger partial charge in [0.1, 0.15) is 17.3 Å². The van der Waals surface area contributed by atoms with Crippen molar-refractivity contribution in [2.45, 2.75) is 65.0 Å². The number of aromatic nitrogens is 4. The summed E-state index contributed by atoms with van der Waals surface area (Å²) in [6.45, 7) is 12.4. The summed E-state index contributed by atoms with van der Waals surface area (Å²) in [5, 5.41) is 3.98. The van der Waals surface area contributed by atoms with Crippen LogP contribution in [0, 0.1) is 0 Å². The average molecular weight is 551 g/mol. The summed E-state index contributed by atoms with van der Waals surface area (Å²) in [6, 6.07) is 13.6. The second-order valence-corrected chi connectivity index (χ2v) is 11.4. The highest BCUT2D eigenvalue weighted by molar-refractivity contribution is 5.90. The Kier molecular flexibility index (Phi) is 7.50. The van der Waals surface area contributed by atoms with Crippen LogP contribution in [0.25, 0.3) is 22.4 Å². The molecule has 7 nitrogen and oxygen atoms in total. The first kappa shape index (κ1) is 27.9. The van der Waals surface area contributed by atoms with Crippen molar-refractivity contribution in [2.24, 2.45) is 0 Å². The molecule has 1 saturated heterocycles. The smallest absolute Gasteiger partial charge is 0.373 e. The van der Waals surface area contributed by atoms with Gasteiger partial charge in [-0.1, -0.05) is 32.9 Å². The number of rotatable bonds is 5. The van der Waals surface area contributed by atoms with Crippen LogP contribution in [0.3, 0.4) is 0 Å². The van der Waals surface area contributed by atoms with Crippen molar-refractivity contribution in [1.29, 1.82) is 0 Å². The molecule has 1 N–H and O–H groups in total.